The molecule has 2 aliphatic rings. The summed E-state index contributed by atoms with van der Waals surface area (Å²) in [5.41, 5.74) is 0. The quantitative estimate of drug-likeness (QED) is 0.604. The van der Waals surface area contributed by atoms with Gasteiger partial charge in [-0.1, -0.05) is 0 Å². The monoisotopic (exact) mass is 397 g/mol. The molecule has 0 aromatic heterocycles. The van der Waals surface area contributed by atoms with Crippen LogP contribution in [0, 0.1) is 5.92 Å². The van der Waals surface area contributed by atoms with Gasteiger partial charge in [0.05, 0.1) is 24.7 Å². The van der Waals surface area contributed by atoms with Crippen molar-refractivity contribution in [3.63, 3.8) is 0 Å². The predicted molar refractivity (Wildman–Crippen MR) is 92.9 cm³/mol. The zero-order chi connectivity index (χ0) is 18.7. The highest BCUT2D eigenvalue weighted by molar-refractivity contribution is 7.89. The van der Waals surface area contributed by atoms with Gasteiger partial charge in [-0.2, -0.15) is 4.31 Å². The maximum Gasteiger partial charge on any atom is 0.223 e. The van der Waals surface area contributed by atoms with Crippen LogP contribution in [0.3, 0.4) is 0 Å². The molecule has 25 heavy (non-hydrogen) atoms. The van der Waals surface area contributed by atoms with Crippen molar-refractivity contribution >= 4 is 26.0 Å². The summed E-state index contributed by atoms with van der Waals surface area (Å²) in [6, 6.07) is 0. The van der Waals surface area contributed by atoms with Gasteiger partial charge in [-0.05, 0) is 19.8 Å². The molecule has 9 nitrogen and oxygen atoms in total. The molecule has 0 bridgehead atoms. The van der Waals surface area contributed by atoms with E-state index in [0.29, 0.717) is 45.6 Å². The highest BCUT2D eigenvalue weighted by Gasteiger charge is 2.30. The summed E-state index contributed by atoms with van der Waals surface area (Å²) in [6.07, 6.45) is 1.93. The predicted octanol–water partition coefficient (Wildman–Crippen LogP) is -1.18. The number of ether oxygens (including phenoxy) is 1. The van der Waals surface area contributed by atoms with Crippen molar-refractivity contribution in [2.75, 3.05) is 51.3 Å². The van der Waals surface area contributed by atoms with Crippen LogP contribution < -0.4 is 5.32 Å². The van der Waals surface area contributed by atoms with Crippen molar-refractivity contribution in [3.8, 4) is 0 Å². The Balaban J connectivity index is 1.75. The largest absolute Gasteiger partial charge is 0.376 e. The third-order valence-corrected chi connectivity index (χ3v) is 7.69. The second kappa shape index (κ2) is 8.30. The molecule has 0 spiro atoms. The Morgan fingerprint density at radius 2 is 1.76 bits per heavy atom. The van der Waals surface area contributed by atoms with E-state index in [1.165, 1.54) is 8.61 Å². The van der Waals surface area contributed by atoms with Gasteiger partial charge in [0.15, 0.2) is 0 Å². The van der Waals surface area contributed by atoms with Crippen LogP contribution in [-0.4, -0.2) is 88.8 Å². The first-order chi connectivity index (χ1) is 11.6. The summed E-state index contributed by atoms with van der Waals surface area (Å²) in [6.45, 7) is 3.57. The fourth-order valence-corrected chi connectivity index (χ4v) is 5.35. The number of sulfonamides is 2. The maximum absolute atomic E-state index is 12.3. The molecule has 2 heterocycles. The Bertz CT molecular complexity index is 671. The molecule has 2 rings (SSSR count). The molecule has 0 aliphatic carbocycles. The molecule has 1 atom stereocenters. The summed E-state index contributed by atoms with van der Waals surface area (Å²) in [7, 11) is -6.64. The van der Waals surface area contributed by atoms with Crippen LogP contribution in [0.2, 0.25) is 0 Å². The maximum atomic E-state index is 12.3. The number of carbonyl (C=O) groups is 1. The van der Waals surface area contributed by atoms with Crippen molar-refractivity contribution in [2.45, 2.75) is 25.9 Å². The molecule has 11 heteroatoms. The van der Waals surface area contributed by atoms with Crippen molar-refractivity contribution in [1.82, 2.24) is 13.9 Å². The van der Waals surface area contributed by atoms with Crippen molar-refractivity contribution in [1.29, 1.82) is 0 Å². The minimum Gasteiger partial charge on any atom is -0.376 e. The van der Waals surface area contributed by atoms with Gasteiger partial charge >= 0.3 is 0 Å². The molecule has 0 radical (unpaired) electrons. The number of carbonyl (C=O) groups excluding carboxylic acids is 1. The van der Waals surface area contributed by atoms with Gasteiger partial charge in [-0.15, -0.1) is 0 Å². The van der Waals surface area contributed by atoms with E-state index in [1.807, 2.05) is 6.92 Å². The zero-order valence-electron chi connectivity index (χ0n) is 14.7. The van der Waals surface area contributed by atoms with Crippen LogP contribution >= 0.6 is 0 Å². The summed E-state index contributed by atoms with van der Waals surface area (Å²) in [4.78, 5) is 12.2. The van der Waals surface area contributed by atoms with Gasteiger partial charge in [0, 0.05) is 38.6 Å². The third kappa shape index (κ3) is 5.88. The van der Waals surface area contributed by atoms with Crippen molar-refractivity contribution in [3.05, 3.63) is 0 Å². The van der Waals surface area contributed by atoms with Crippen LogP contribution in [0.15, 0.2) is 0 Å². The van der Waals surface area contributed by atoms with Crippen LogP contribution in [0.1, 0.15) is 19.8 Å². The number of morpholine rings is 1. The minimum absolute atomic E-state index is 0.0548. The Morgan fingerprint density at radius 1 is 1.12 bits per heavy atom. The van der Waals surface area contributed by atoms with E-state index >= 15 is 0 Å². The van der Waals surface area contributed by atoms with Gasteiger partial charge in [0.1, 0.15) is 0 Å². The number of nitrogens with zero attached hydrogens (tertiary/aromatic N) is 2. The summed E-state index contributed by atoms with van der Waals surface area (Å²) in [5.74, 6) is -0.629. The van der Waals surface area contributed by atoms with Crippen LogP contribution in [0.25, 0.3) is 0 Å². The van der Waals surface area contributed by atoms with E-state index in [9.17, 15) is 21.6 Å². The first-order valence-corrected chi connectivity index (χ1v) is 11.9. The SMILES string of the molecule is CC1CN(S(=O)(=O)CCNC(=O)C2CCN(S(C)(=O)=O)CC2)CCO1. The van der Waals surface area contributed by atoms with Crippen LogP contribution in [0.4, 0.5) is 0 Å². The fourth-order valence-electron chi connectivity index (χ4n) is 3.07. The van der Waals surface area contributed by atoms with E-state index in [1.54, 1.807) is 0 Å². The lowest BCUT2D eigenvalue weighted by Crippen LogP contribution is -2.47. The average molecular weight is 398 g/mol. The van der Waals surface area contributed by atoms with Gasteiger partial charge in [0.2, 0.25) is 26.0 Å². The van der Waals surface area contributed by atoms with Gasteiger partial charge in [-0.25, -0.2) is 21.1 Å². The highest BCUT2D eigenvalue weighted by atomic mass is 32.2. The summed E-state index contributed by atoms with van der Waals surface area (Å²) < 4.78 is 55.6. The van der Waals surface area contributed by atoms with Crippen LogP contribution in [-0.2, 0) is 29.6 Å². The van der Waals surface area contributed by atoms with Gasteiger partial charge in [-0.3, -0.25) is 4.79 Å². The lowest BCUT2D eigenvalue weighted by atomic mass is 9.97. The molecule has 1 amide bonds. The normalized spacial score (nSPS) is 25.0. The Labute approximate surface area is 149 Å². The number of hydrogen-bond acceptors (Lipinski definition) is 6. The minimum atomic E-state index is -3.42. The standard InChI is InChI=1S/C14H27N3O6S2/c1-12-11-17(8-9-23-12)25(21,22)10-5-15-14(18)13-3-6-16(7-4-13)24(2,19)20/h12-13H,3-11H2,1-2H3,(H,15,18). The highest BCUT2D eigenvalue weighted by Crippen LogP contribution is 2.19. The van der Waals surface area contributed by atoms with Crippen LogP contribution in [0.5, 0.6) is 0 Å². The molecule has 2 saturated heterocycles. The Morgan fingerprint density at radius 3 is 2.32 bits per heavy atom. The topological polar surface area (TPSA) is 113 Å². The summed E-state index contributed by atoms with van der Waals surface area (Å²) >= 11 is 0. The lowest BCUT2D eigenvalue weighted by molar-refractivity contribution is -0.125. The zero-order valence-corrected chi connectivity index (χ0v) is 16.3. The molecule has 0 aromatic rings. The Hall–Kier alpha value is -0.750. The second-order valence-corrected chi connectivity index (χ2v) is 10.7. The molecule has 0 saturated carbocycles. The molecule has 0 aromatic carbocycles. The Kier molecular flexibility index (Phi) is 6.82. The molecule has 1 unspecified atom stereocenters. The van der Waals surface area contributed by atoms with E-state index in [-0.39, 0.29) is 30.2 Å². The first-order valence-electron chi connectivity index (χ1n) is 8.42. The average Bonchev–Trinajstić information content (AvgIpc) is 2.54. The van der Waals surface area contributed by atoms with E-state index in [4.69, 9.17) is 4.74 Å². The molecular weight excluding hydrogens is 370 g/mol. The molecule has 1 N–H and O–H groups in total. The van der Waals surface area contributed by atoms with E-state index < -0.39 is 20.0 Å². The smallest absolute Gasteiger partial charge is 0.223 e. The molecule has 2 fully saturated rings. The lowest BCUT2D eigenvalue weighted by Gasteiger charge is -2.31. The van der Waals surface area contributed by atoms with Gasteiger partial charge in [0.25, 0.3) is 0 Å². The number of hydrogen-bond donors (Lipinski definition) is 1. The van der Waals surface area contributed by atoms with E-state index in [2.05, 4.69) is 5.32 Å². The summed E-state index contributed by atoms with van der Waals surface area (Å²) in [5, 5.41) is 2.67. The van der Waals surface area contributed by atoms with Crippen molar-refractivity contribution in [2.24, 2.45) is 5.92 Å². The molecular formula is C14H27N3O6S2. The number of piperidine rings is 1. The number of rotatable bonds is 6. The van der Waals surface area contributed by atoms with E-state index in [0.717, 1.165) is 6.26 Å². The van der Waals surface area contributed by atoms with Gasteiger partial charge < -0.3 is 10.1 Å². The second-order valence-electron chi connectivity index (χ2n) is 6.58. The third-order valence-electron chi connectivity index (χ3n) is 4.55. The number of nitrogens with one attached hydrogen (secondary N) is 1. The molecule has 146 valence electrons. The first kappa shape index (κ1) is 20.6. The fraction of sp³-hybridized carbons (Fsp3) is 0.929. The molecule has 2 aliphatic heterocycles. The number of amides is 1. The van der Waals surface area contributed by atoms with Crippen molar-refractivity contribution < 1.29 is 26.4 Å².